The van der Waals surface area contributed by atoms with Crippen LogP contribution in [-0.2, 0) is 28.6 Å². The zero-order valence-corrected chi connectivity index (χ0v) is 49.9. The smallest absolute Gasteiger partial charge is 0.306 e. The first-order valence-corrected chi connectivity index (χ1v) is 31.7. The van der Waals surface area contributed by atoms with Crippen molar-refractivity contribution in [2.75, 3.05) is 13.2 Å². The third-order valence-electron chi connectivity index (χ3n) is 13.1. The first kappa shape index (κ1) is 72.5. The summed E-state index contributed by atoms with van der Waals surface area (Å²) in [5.74, 6) is -0.989. The molecule has 0 heterocycles. The molecule has 0 aromatic heterocycles. The van der Waals surface area contributed by atoms with Gasteiger partial charge in [-0.05, 0) is 128 Å². The molecule has 0 aromatic rings. The molecule has 6 heteroatoms. The zero-order valence-electron chi connectivity index (χ0n) is 49.9. The lowest BCUT2D eigenvalue weighted by Crippen LogP contribution is -2.30. The largest absolute Gasteiger partial charge is 0.462 e. The van der Waals surface area contributed by atoms with E-state index in [0.29, 0.717) is 19.3 Å². The number of rotatable bonds is 56. The van der Waals surface area contributed by atoms with Gasteiger partial charge >= 0.3 is 17.9 Å². The van der Waals surface area contributed by atoms with E-state index < -0.39 is 6.10 Å². The first-order valence-electron chi connectivity index (χ1n) is 31.7. The summed E-state index contributed by atoms with van der Waals surface area (Å²) < 4.78 is 16.8. The summed E-state index contributed by atoms with van der Waals surface area (Å²) in [5, 5.41) is 0. The first-order chi connectivity index (χ1) is 38.0. The Labute approximate surface area is 475 Å². The van der Waals surface area contributed by atoms with E-state index in [9.17, 15) is 14.4 Å². The molecule has 0 radical (unpaired) electrons. The minimum atomic E-state index is -0.822. The lowest BCUT2D eigenvalue weighted by molar-refractivity contribution is -0.167. The SMILES string of the molecule is CC/C=C\C/C=C\C/C=C\C/C=C\C/C=C\CCCC(=O)OC(COC(=O)CCCCCCC/C=C\C/C=C\C/C=C\CC)COC(=O)CCCCCCCCCCCCCC/C=C\C/C=C\C/C=C\CCCCCCC. The molecule has 436 valence electrons. The quantitative estimate of drug-likeness (QED) is 0.0261. The van der Waals surface area contributed by atoms with Crippen LogP contribution in [0.4, 0.5) is 0 Å². The molecular weight excluding hydrogens is 949 g/mol. The highest BCUT2D eigenvalue weighted by atomic mass is 16.6. The Kier molecular flexibility index (Phi) is 60.4. The Morgan fingerprint density at radius 2 is 0.519 bits per heavy atom. The number of unbranched alkanes of at least 4 members (excludes halogenated alkanes) is 23. The molecule has 0 N–H and O–H groups in total. The third-order valence-corrected chi connectivity index (χ3v) is 13.1. The summed E-state index contributed by atoms with van der Waals surface area (Å²) in [4.78, 5) is 38.3. The van der Waals surface area contributed by atoms with Crippen molar-refractivity contribution in [1.82, 2.24) is 0 Å². The van der Waals surface area contributed by atoms with Crippen LogP contribution in [0.5, 0.6) is 0 Å². The van der Waals surface area contributed by atoms with Crippen molar-refractivity contribution in [3.05, 3.63) is 134 Å². The summed E-state index contributed by atoms with van der Waals surface area (Å²) in [7, 11) is 0. The second kappa shape index (κ2) is 64.1. The van der Waals surface area contributed by atoms with Gasteiger partial charge in [-0.3, -0.25) is 14.4 Å². The van der Waals surface area contributed by atoms with E-state index in [-0.39, 0.29) is 37.5 Å². The standard InChI is InChI=1S/C71H116O6/c1-4-7-10-13-16-19-22-25-28-30-31-32-33-34-35-36-37-38-39-41-43-46-49-52-55-58-61-64-70(73)76-67-68(66-75-69(72)63-60-57-54-51-48-45-42-27-24-21-18-15-12-9-6-3)77-71(74)65-62-59-56-53-50-47-44-40-29-26-23-20-17-14-11-8-5-2/h8-9,11-12,17-18,20-22,25-27,29-31,33-34,42,44,47,53,56,68H,4-7,10,13-16,19,23-24,28,32,35-41,43,45-46,48-52,54-55,57-67H2,1-3H3/b11-8-,12-9-,20-17-,21-18-,25-22-,29-26-,31-30-,34-33-,42-27-,47-44-,56-53-. The lowest BCUT2D eigenvalue weighted by Gasteiger charge is -2.18. The molecule has 0 saturated carbocycles. The summed E-state index contributed by atoms with van der Waals surface area (Å²) in [6.07, 6.45) is 90.4. The van der Waals surface area contributed by atoms with E-state index in [2.05, 4.69) is 154 Å². The van der Waals surface area contributed by atoms with E-state index in [0.717, 1.165) is 128 Å². The maximum Gasteiger partial charge on any atom is 0.306 e. The predicted octanol–water partition coefficient (Wildman–Crippen LogP) is 21.8. The number of hydrogen-bond donors (Lipinski definition) is 0. The number of ether oxygens (including phenoxy) is 3. The van der Waals surface area contributed by atoms with Gasteiger partial charge in [-0.25, -0.2) is 0 Å². The maximum atomic E-state index is 12.9. The van der Waals surface area contributed by atoms with Gasteiger partial charge in [0.2, 0.25) is 0 Å². The van der Waals surface area contributed by atoms with Gasteiger partial charge in [-0.1, -0.05) is 264 Å². The second-order valence-corrected chi connectivity index (χ2v) is 20.5. The van der Waals surface area contributed by atoms with Crippen LogP contribution in [0.3, 0.4) is 0 Å². The highest BCUT2D eigenvalue weighted by Gasteiger charge is 2.19. The number of allylic oxidation sites excluding steroid dienone is 22. The van der Waals surface area contributed by atoms with Crippen LogP contribution < -0.4 is 0 Å². The molecule has 0 bridgehead atoms. The topological polar surface area (TPSA) is 78.9 Å². The van der Waals surface area contributed by atoms with Gasteiger partial charge in [0.15, 0.2) is 6.10 Å². The Hall–Kier alpha value is -4.45. The molecule has 0 saturated heterocycles. The maximum absolute atomic E-state index is 12.9. The number of carbonyl (C=O) groups is 3. The monoisotopic (exact) mass is 1060 g/mol. The molecule has 1 unspecified atom stereocenters. The number of esters is 3. The van der Waals surface area contributed by atoms with Crippen molar-refractivity contribution in [3.8, 4) is 0 Å². The van der Waals surface area contributed by atoms with Gasteiger partial charge in [-0.15, -0.1) is 0 Å². The van der Waals surface area contributed by atoms with Gasteiger partial charge in [-0.2, -0.15) is 0 Å². The van der Waals surface area contributed by atoms with Crippen LogP contribution in [0, 0.1) is 0 Å². The van der Waals surface area contributed by atoms with Gasteiger partial charge < -0.3 is 14.2 Å². The zero-order chi connectivity index (χ0) is 55.7. The number of hydrogen-bond acceptors (Lipinski definition) is 6. The molecule has 0 rings (SSSR count). The van der Waals surface area contributed by atoms with E-state index in [4.69, 9.17) is 14.2 Å². The van der Waals surface area contributed by atoms with E-state index >= 15 is 0 Å². The lowest BCUT2D eigenvalue weighted by atomic mass is 10.0. The van der Waals surface area contributed by atoms with Crippen molar-refractivity contribution in [2.24, 2.45) is 0 Å². The molecule has 6 nitrogen and oxygen atoms in total. The molecular formula is C71H116O6. The molecule has 0 fully saturated rings. The van der Waals surface area contributed by atoms with Crippen LogP contribution >= 0.6 is 0 Å². The summed E-state index contributed by atoms with van der Waals surface area (Å²) >= 11 is 0. The number of carbonyl (C=O) groups excluding carboxylic acids is 3. The fraction of sp³-hybridized carbons (Fsp3) is 0.648. The highest BCUT2D eigenvalue weighted by Crippen LogP contribution is 2.15. The molecule has 0 aliphatic carbocycles. The van der Waals surface area contributed by atoms with Crippen molar-refractivity contribution < 1.29 is 28.6 Å². The second-order valence-electron chi connectivity index (χ2n) is 20.5. The average Bonchev–Trinajstić information content (AvgIpc) is 3.43. The molecule has 0 aromatic carbocycles. The van der Waals surface area contributed by atoms with Crippen LogP contribution in [0.1, 0.15) is 278 Å². The van der Waals surface area contributed by atoms with Crippen molar-refractivity contribution in [3.63, 3.8) is 0 Å². The van der Waals surface area contributed by atoms with Crippen molar-refractivity contribution in [2.45, 2.75) is 284 Å². The molecule has 1 atom stereocenters. The van der Waals surface area contributed by atoms with Gasteiger partial charge in [0, 0.05) is 19.3 Å². The molecule has 0 spiro atoms. The fourth-order valence-corrected chi connectivity index (χ4v) is 8.44. The minimum absolute atomic E-state index is 0.111. The van der Waals surface area contributed by atoms with Gasteiger partial charge in [0.25, 0.3) is 0 Å². The van der Waals surface area contributed by atoms with Crippen LogP contribution in [-0.4, -0.2) is 37.2 Å². The van der Waals surface area contributed by atoms with Crippen LogP contribution in [0.25, 0.3) is 0 Å². The molecule has 0 amide bonds. The summed E-state index contributed by atoms with van der Waals surface area (Å²) in [6, 6.07) is 0. The van der Waals surface area contributed by atoms with Crippen molar-refractivity contribution in [1.29, 1.82) is 0 Å². The summed E-state index contributed by atoms with van der Waals surface area (Å²) in [5.41, 5.74) is 0. The van der Waals surface area contributed by atoms with Crippen molar-refractivity contribution >= 4 is 17.9 Å². The minimum Gasteiger partial charge on any atom is -0.462 e. The van der Waals surface area contributed by atoms with Gasteiger partial charge in [0.05, 0.1) is 0 Å². The Bertz CT molecular complexity index is 1650. The Morgan fingerprint density at radius 3 is 0.831 bits per heavy atom. The average molecular weight is 1070 g/mol. The van der Waals surface area contributed by atoms with Crippen LogP contribution in [0.15, 0.2) is 134 Å². The molecule has 0 aliphatic heterocycles. The van der Waals surface area contributed by atoms with Crippen LogP contribution in [0.2, 0.25) is 0 Å². The Balaban J connectivity index is 4.40. The predicted molar refractivity (Wildman–Crippen MR) is 334 cm³/mol. The molecule has 0 aliphatic rings. The normalized spacial score (nSPS) is 13.0. The van der Waals surface area contributed by atoms with Gasteiger partial charge in [0.1, 0.15) is 13.2 Å². The fourth-order valence-electron chi connectivity index (χ4n) is 8.44. The van der Waals surface area contributed by atoms with E-state index in [1.54, 1.807) is 0 Å². The third kappa shape index (κ3) is 62.3. The van der Waals surface area contributed by atoms with E-state index in [1.807, 2.05) is 0 Å². The summed E-state index contributed by atoms with van der Waals surface area (Å²) in [6.45, 7) is 6.35. The molecule has 77 heavy (non-hydrogen) atoms. The highest BCUT2D eigenvalue weighted by molar-refractivity contribution is 5.71. The van der Waals surface area contributed by atoms with E-state index in [1.165, 1.54) is 103 Å². The Morgan fingerprint density at radius 1 is 0.273 bits per heavy atom.